The van der Waals surface area contributed by atoms with Crippen molar-refractivity contribution in [3.05, 3.63) is 24.3 Å². The zero-order chi connectivity index (χ0) is 17.7. The van der Waals surface area contributed by atoms with E-state index >= 15 is 0 Å². The summed E-state index contributed by atoms with van der Waals surface area (Å²) < 4.78 is 53.7. The van der Waals surface area contributed by atoms with Crippen molar-refractivity contribution in [2.24, 2.45) is 0 Å². The van der Waals surface area contributed by atoms with Crippen LogP contribution in [-0.4, -0.2) is 39.9 Å². The molecular formula is C15H18F3NO4S. The van der Waals surface area contributed by atoms with Crippen LogP contribution in [0.25, 0.3) is 0 Å². The molecule has 0 saturated heterocycles. The van der Waals surface area contributed by atoms with E-state index in [-0.39, 0.29) is 23.6 Å². The summed E-state index contributed by atoms with van der Waals surface area (Å²) in [6.45, 7) is -0.305. The predicted molar refractivity (Wildman–Crippen MR) is 82.2 cm³/mol. The molecule has 2 N–H and O–H groups in total. The van der Waals surface area contributed by atoms with E-state index in [9.17, 15) is 22.5 Å². The summed E-state index contributed by atoms with van der Waals surface area (Å²) in [6, 6.07) is 5.51. The van der Waals surface area contributed by atoms with E-state index in [1.807, 2.05) is 0 Å². The predicted octanol–water partition coefficient (Wildman–Crippen LogP) is 3.14. The third kappa shape index (κ3) is 5.57. The number of alkyl halides is 3. The number of benzene rings is 1. The maximum absolute atomic E-state index is 12.4. The Labute approximate surface area is 140 Å². The fourth-order valence-electron chi connectivity index (χ4n) is 2.61. The lowest BCUT2D eigenvalue weighted by atomic mass is 9.93. The van der Waals surface area contributed by atoms with Gasteiger partial charge in [-0.3, -0.25) is 0 Å². The number of nitrogens with one attached hydrogen (secondary N) is 1. The Balaban J connectivity index is 1.82. The number of ether oxygens (including phenoxy) is 1. The van der Waals surface area contributed by atoms with Gasteiger partial charge in [-0.1, -0.05) is 0 Å². The molecular weight excluding hydrogens is 347 g/mol. The van der Waals surface area contributed by atoms with Crippen molar-refractivity contribution in [3.63, 3.8) is 0 Å². The summed E-state index contributed by atoms with van der Waals surface area (Å²) in [5.41, 5.74) is -4.10. The van der Waals surface area contributed by atoms with E-state index in [0.29, 0.717) is 5.69 Å². The largest absolute Gasteiger partial charge is 0.604 e. The van der Waals surface area contributed by atoms with Crippen LogP contribution >= 0.6 is 0 Å². The average Bonchev–Trinajstić information content (AvgIpc) is 2.53. The lowest BCUT2D eigenvalue weighted by Gasteiger charge is -2.29. The van der Waals surface area contributed by atoms with Crippen LogP contribution in [0.2, 0.25) is 0 Å². The number of carboxylic acids is 1. The molecule has 1 fully saturated rings. The molecule has 24 heavy (non-hydrogen) atoms. The van der Waals surface area contributed by atoms with Crippen LogP contribution < -0.4 is 5.32 Å². The van der Waals surface area contributed by atoms with Crippen molar-refractivity contribution >= 4 is 22.8 Å². The van der Waals surface area contributed by atoms with Gasteiger partial charge in [0.15, 0.2) is 4.90 Å². The number of anilines is 1. The van der Waals surface area contributed by atoms with Gasteiger partial charge in [-0.15, -0.1) is 13.2 Å². The molecule has 9 heteroatoms. The molecule has 5 nitrogen and oxygen atoms in total. The quantitative estimate of drug-likeness (QED) is 0.757. The van der Waals surface area contributed by atoms with Gasteiger partial charge in [-0.25, -0.2) is 4.79 Å². The SMILES string of the molecule is O=C(O)CO[C@H]1CC[C@H](Nc2ccc([S+]([O-])C(F)(F)F)cc2)CC1. The second kappa shape index (κ2) is 8.09. The molecule has 0 aliphatic heterocycles. The number of hydrogen-bond acceptors (Lipinski definition) is 4. The molecule has 1 saturated carbocycles. The molecule has 0 aromatic heterocycles. The van der Waals surface area contributed by atoms with Gasteiger partial charge >= 0.3 is 11.5 Å². The van der Waals surface area contributed by atoms with E-state index in [2.05, 4.69) is 5.32 Å². The van der Waals surface area contributed by atoms with Crippen molar-refractivity contribution < 1.29 is 32.4 Å². The highest BCUT2D eigenvalue weighted by Crippen LogP contribution is 2.31. The summed E-state index contributed by atoms with van der Waals surface area (Å²) in [5, 5.41) is 11.8. The molecule has 2 rings (SSSR count). The minimum Gasteiger partial charge on any atom is -0.604 e. The number of rotatable bonds is 6. The first-order valence-electron chi connectivity index (χ1n) is 7.44. The first-order chi connectivity index (χ1) is 11.3. The molecule has 1 aliphatic rings. The number of hydrogen-bond donors (Lipinski definition) is 2. The molecule has 0 heterocycles. The number of carbonyl (C=O) groups is 1. The molecule has 0 radical (unpaired) electrons. The van der Waals surface area contributed by atoms with Crippen molar-refractivity contribution in [2.75, 3.05) is 11.9 Å². The number of halogens is 3. The molecule has 134 valence electrons. The van der Waals surface area contributed by atoms with Gasteiger partial charge < -0.3 is 19.7 Å². The van der Waals surface area contributed by atoms with Crippen LogP contribution in [0.15, 0.2) is 29.2 Å². The zero-order valence-electron chi connectivity index (χ0n) is 12.7. The van der Waals surface area contributed by atoms with Gasteiger partial charge in [-0.05, 0) is 49.9 Å². The van der Waals surface area contributed by atoms with Crippen molar-refractivity contribution in [2.45, 2.75) is 48.2 Å². The Kier molecular flexibility index (Phi) is 6.36. The maximum Gasteiger partial charge on any atom is 0.578 e. The third-order valence-corrected chi connectivity index (χ3v) is 4.89. The fourth-order valence-corrected chi connectivity index (χ4v) is 3.26. The van der Waals surface area contributed by atoms with E-state index in [4.69, 9.17) is 9.84 Å². The van der Waals surface area contributed by atoms with Gasteiger partial charge in [0.1, 0.15) is 6.61 Å². The molecule has 0 amide bonds. The summed E-state index contributed by atoms with van der Waals surface area (Å²) in [7, 11) is 0. The van der Waals surface area contributed by atoms with Crippen LogP contribution in [-0.2, 0) is 20.7 Å². The summed E-state index contributed by atoms with van der Waals surface area (Å²) in [4.78, 5) is 10.2. The smallest absolute Gasteiger partial charge is 0.578 e. The highest BCUT2D eigenvalue weighted by molar-refractivity contribution is 7.92. The van der Waals surface area contributed by atoms with Crippen LogP contribution in [0.3, 0.4) is 0 Å². The van der Waals surface area contributed by atoms with E-state index in [0.717, 1.165) is 25.7 Å². The maximum atomic E-state index is 12.4. The van der Waals surface area contributed by atoms with Gasteiger partial charge in [0, 0.05) is 11.7 Å². The van der Waals surface area contributed by atoms with Crippen molar-refractivity contribution in [1.29, 1.82) is 0 Å². The lowest BCUT2D eigenvalue weighted by Crippen LogP contribution is -2.30. The van der Waals surface area contributed by atoms with E-state index in [1.165, 1.54) is 24.3 Å². The molecule has 1 atom stereocenters. The second-order valence-corrected chi connectivity index (χ2v) is 7.03. The average molecular weight is 365 g/mol. The van der Waals surface area contributed by atoms with Crippen LogP contribution in [0.1, 0.15) is 25.7 Å². The normalized spacial score (nSPS) is 22.8. The molecule has 1 aromatic rings. The number of aliphatic carboxylic acids is 1. The van der Waals surface area contributed by atoms with Gasteiger partial charge in [0.25, 0.3) is 0 Å². The topological polar surface area (TPSA) is 81.6 Å². The zero-order valence-corrected chi connectivity index (χ0v) is 13.5. The first-order valence-corrected chi connectivity index (χ1v) is 8.59. The molecule has 0 spiro atoms. The fraction of sp³-hybridized carbons (Fsp3) is 0.533. The van der Waals surface area contributed by atoms with Gasteiger partial charge in [-0.2, -0.15) is 0 Å². The van der Waals surface area contributed by atoms with Gasteiger partial charge in [0.2, 0.25) is 0 Å². The van der Waals surface area contributed by atoms with E-state index < -0.39 is 22.7 Å². The molecule has 1 aromatic carbocycles. The Morgan fingerprint density at radius 2 is 1.83 bits per heavy atom. The number of carboxylic acid groups (broad SMARTS) is 1. The molecule has 1 unspecified atom stereocenters. The summed E-state index contributed by atoms with van der Waals surface area (Å²) >= 11 is -3.02. The van der Waals surface area contributed by atoms with Crippen LogP contribution in [0, 0.1) is 0 Å². The Morgan fingerprint density at radius 3 is 2.33 bits per heavy atom. The van der Waals surface area contributed by atoms with Crippen molar-refractivity contribution in [3.8, 4) is 0 Å². The Bertz CT molecular complexity index is 545. The highest BCUT2D eigenvalue weighted by Gasteiger charge is 2.45. The van der Waals surface area contributed by atoms with Gasteiger partial charge in [0.05, 0.1) is 17.3 Å². The Hall–Kier alpha value is -1.45. The Morgan fingerprint density at radius 1 is 1.25 bits per heavy atom. The lowest BCUT2D eigenvalue weighted by molar-refractivity contribution is -0.145. The minimum atomic E-state index is -4.76. The highest BCUT2D eigenvalue weighted by atomic mass is 32.2. The molecule has 0 bridgehead atoms. The third-order valence-electron chi connectivity index (χ3n) is 3.77. The monoisotopic (exact) mass is 365 g/mol. The van der Waals surface area contributed by atoms with E-state index in [1.54, 1.807) is 0 Å². The van der Waals surface area contributed by atoms with Crippen LogP contribution in [0.4, 0.5) is 18.9 Å². The first kappa shape index (κ1) is 18.9. The minimum absolute atomic E-state index is 0.0734. The molecule has 1 aliphatic carbocycles. The summed E-state index contributed by atoms with van der Waals surface area (Å²) in [5.74, 6) is -0.994. The van der Waals surface area contributed by atoms with Crippen LogP contribution in [0.5, 0.6) is 0 Å². The summed E-state index contributed by atoms with van der Waals surface area (Å²) in [6.07, 6.45) is 2.93. The van der Waals surface area contributed by atoms with Crippen molar-refractivity contribution in [1.82, 2.24) is 0 Å². The standard InChI is InChI=1S/C15H18F3NO4S/c16-15(17,18)24(22)13-7-3-11(4-8-13)19-10-1-5-12(6-2-10)23-9-14(20)21/h3-4,7-8,10,12,19H,1-2,5-6,9H2,(H,20,21)/t10-,12-,24?. The second-order valence-electron chi connectivity index (χ2n) is 5.56.